The lowest BCUT2D eigenvalue weighted by atomic mass is 9.88. The van der Waals surface area contributed by atoms with Crippen molar-refractivity contribution < 1.29 is 0 Å². The van der Waals surface area contributed by atoms with Crippen LogP contribution < -0.4 is 5.32 Å². The van der Waals surface area contributed by atoms with E-state index >= 15 is 0 Å². The van der Waals surface area contributed by atoms with Gasteiger partial charge in [-0.2, -0.15) is 0 Å². The predicted molar refractivity (Wildman–Crippen MR) is 71.8 cm³/mol. The fraction of sp³-hybridized carbons (Fsp3) is 1.00. The highest BCUT2D eigenvalue weighted by atomic mass is 15.1. The van der Waals surface area contributed by atoms with Crippen LogP contribution in [0.1, 0.15) is 46.5 Å². The molecule has 16 heavy (non-hydrogen) atoms. The van der Waals surface area contributed by atoms with Gasteiger partial charge in [-0.3, -0.25) is 0 Å². The summed E-state index contributed by atoms with van der Waals surface area (Å²) in [6.45, 7) is 12.0. The smallest absolute Gasteiger partial charge is 0.00448 e. The average Bonchev–Trinajstić information content (AvgIpc) is 2.21. The van der Waals surface area contributed by atoms with Crippen molar-refractivity contribution in [3.63, 3.8) is 0 Å². The molecule has 0 aromatic carbocycles. The van der Waals surface area contributed by atoms with Crippen molar-refractivity contribution in [3.8, 4) is 0 Å². The Labute approximate surface area is 102 Å². The van der Waals surface area contributed by atoms with Crippen LogP contribution in [-0.4, -0.2) is 38.1 Å². The van der Waals surface area contributed by atoms with Crippen LogP contribution in [0.25, 0.3) is 0 Å². The third-order valence-corrected chi connectivity index (χ3v) is 3.71. The highest BCUT2D eigenvalue weighted by Crippen LogP contribution is 2.24. The molecule has 0 aromatic rings. The van der Waals surface area contributed by atoms with Gasteiger partial charge in [0.1, 0.15) is 0 Å². The molecule has 1 heterocycles. The van der Waals surface area contributed by atoms with Crippen molar-refractivity contribution in [2.45, 2.75) is 46.5 Å². The average molecular weight is 226 g/mol. The van der Waals surface area contributed by atoms with Crippen LogP contribution >= 0.6 is 0 Å². The van der Waals surface area contributed by atoms with Crippen molar-refractivity contribution in [2.75, 3.05) is 33.2 Å². The maximum atomic E-state index is 3.30. The molecule has 0 radical (unpaired) electrons. The molecule has 0 aromatic heterocycles. The van der Waals surface area contributed by atoms with Gasteiger partial charge in [0.25, 0.3) is 0 Å². The fourth-order valence-corrected chi connectivity index (χ4v) is 2.98. The summed E-state index contributed by atoms with van der Waals surface area (Å²) in [6.07, 6.45) is 5.64. The van der Waals surface area contributed by atoms with Crippen molar-refractivity contribution in [2.24, 2.45) is 11.3 Å². The van der Waals surface area contributed by atoms with Crippen LogP contribution in [0, 0.1) is 11.3 Å². The van der Waals surface area contributed by atoms with E-state index in [-0.39, 0.29) is 0 Å². The second-order valence-corrected chi connectivity index (χ2v) is 6.20. The lowest BCUT2D eigenvalue weighted by molar-refractivity contribution is 0.125. The molecule has 0 saturated carbocycles. The van der Waals surface area contributed by atoms with Gasteiger partial charge in [0.2, 0.25) is 0 Å². The van der Waals surface area contributed by atoms with Crippen molar-refractivity contribution in [1.82, 2.24) is 10.2 Å². The summed E-state index contributed by atoms with van der Waals surface area (Å²) < 4.78 is 0. The van der Waals surface area contributed by atoms with E-state index in [1.54, 1.807) is 0 Å². The van der Waals surface area contributed by atoms with E-state index in [1.165, 1.54) is 45.3 Å². The molecule has 0 spiro atoms. The molecule has 0 atom stereocenters. The van der Waals surface area contributed by atoms with E-state index in [2.05, 4.69) is 38.0 Å². The fourth-order valence-electron chi connectivity index (χ4n) is 2.98. The summed E-state index contributed by atoms with van der Waals surface area (Å²) in [7, 11) is 2.05. The SMILES string of the molecule is CCCC1CCN(CC(C)(C)CNC)CC1. The molecular formula is C14H30N2. The van der Waals surface area contributed by atoms with Crippen LogP contribution in [0.4, 0.5) is 0 Å². The maximum Gasteiger partial charge on any atom is 0.00448 e. The number of nitrogens with one attached hydrogen (secondary N) is 1. The molecule has 1 fully saturated rings. The number of hydrogen-bond acceptors (Lipinski definition) is 2. The van der Waals surface area contributed by atoms with Crippen LogP contribution in [0.3, 0.4) is 0 Å². The molecule has 1 N–H and O–H groups in total. The molecule has 1 saturated heterocycles. The van der Waals surface area contributed by atoms with Gasteiger partial charge in [-0.05, 0) is 44.3 Å². The van der Waals surface area contributed by atoms with Crippen LogP contribution in [0.15, 0.2) is 0 Å². The van der Waals surface area contributed by atoms with E-state index in [4.69, 9.17) is 0 Å². The quantitative estimate of drug-likeness (QED) is 0.749. The standard InChI is InChI=1S/C14H30N2/c1-5-6-13-7-9-16(10-8-13)12-14(2,3)11-15-4/h13,15H,5-12H2,1-4H3. The van der Waals surface area contributed by atoms with E-state index in [0.717, 1.165) is 12.5 Å². The number of nitrogens with zero attached hydrogens (tertiary/aromatic N) is 1. The van der Waals surface area contributed by atoms with Gasteiger partial charge in [0.15, 0.2) is 0 Å². The highest BCUT2D eigenvalue weighted by Gasteiger charge is 2.24. The number of rotatable bonds is 6. The Kier molecular flexibility index (Phi) is 5.77. The third kappa shape index (κ3) is 4.84. The Balaban J connectivity index is 2.26. The summed E-state index contributed by atoms with van der Waals surface area (Å²) in [5, 5.41) is 3.30. The molecule has 96 valence electrons. The Bertz CT molecular complexity index is 181. The van der Waals surface area contributed by atoms with Gasteiger partial charge >= 0.3 is 0 Å². The van der Waals surface area contributed by atoms with Crippen LogP contribution in [0.2, 0.25) is 0 Å². The van der Waals surface area contributed by atoms with Gasteiger partial charge in [-0.1, -0.05) is 33.6 Å². The minimum atomic E-state index is 0.409. The second-order valence-electron chi connectivity index (χ2n) is 6.20. The summed E-state index contributed by atoms with van der Waals surface area (Å²) >= 11 is 0. The summed E-state index contributed by atoms with van der Waals surface area (Å²) in [6, 6.07) is 0. The molecule has 1 rings (SSSR count). The minimum Gasteiger partial charge on any atom is -0.319 e. The Morgan fingerprint density at radius 3 is 2.38 bits per heavy atom. The first-order valence-corrected chi connectivity index (χ1v) is 6.94. The Morgan fingerprint density at radius 1 is 1.25 bits per heavy atom. The van der Waals surface area contributed by atoms with Crippen LogP contribution in [0.5, 0.6) is 0 Å². The number of likely N-dealkylation sites (tertiary alicyclic amines) is 1. The molecule has 0 aliphatic carbocycles. The monoisotopic (exact) mass is 226 g/mol. The zero-order valence-electron chi connectivity index (χ0n) is 11.7. The van der Waals surface area contributed by atoms with E-state index < -0.39 is 0 Å². The molecule has 1 aliphatic heterocycles. The maximum absolute atomic E-state index is 3.30. The Hall–Kier alpha value is -0.0800. The topological polar surface area (TPSA) is 15.3 Å². The summed E-state index contributed by atoms with van der Waals surface area (Å²) in [5.41, 5.74) is 0.409. The van der Waals surface area contributed by atoms with Gasteiger partial charge in [-0.25, -0.2) is 0 Å². The van der Waals surface area contributed by atoms with E-state index in [9.17, 15) is 0 Å². The molecule has 0 bridgehead atoms. The second kappa shape index (κ2) is 6.61. The van der Waals surface area contributed by atoms with Gasteiger partial charge in [-0.15, -0.1) is 0 Å². The molecular weight excluding hydrogens is 196 g/mol. The Morgan fingerprint density at radius 2 is 1.88 bits per heavy atom. The van der Waals surface area contributed by atoms with Gasteiger partial charge < -0.3 is 10.2 Å². The van der Waals surface area contributed by atoms with Crippen molar-refractivity contribution in [3.05, 3.63) is 0 Å². The van der Waals surface area contributed by atoms with Crippen molar-refractivity contribution >= 4 is 0 Å². The zero-order chi connectivity index (χ0) is 12.0. The molecule has 1 aliphatic rings. The molecule has 0 amide bonds. The zero-order valence-corrected chi connectivity index (χ0v) is 11.7. The first-order chi connectivity index (χ1) is 7.57. The lowest BCUT2D eigenvalue weighted by Gasteiger charge is -2.37. The summed E-state index contributed by atoms with van der Waals surface area (Å²) in [4.78, 5) is 2.66. The van der Waals surface area contributed by atoms with Gasteiger partial charge in [0.05, 0.1) is 0 Å². The van der Waals surface area contributed by atoms with Gasteiger partial charge in [0, 0.05) is 13.1 Å². The number of piperidine rings is 1. The first-order valence-electron chi connectivity index (χ1n) is 6.94. The number of hydrogen-bond donors (Lipinski definition) is 1. The largest absolute Gasteiger partial charge is 0.319 e. The highest BCUT2D eigenvalue weighted by molar-refractivity contribution is 4.79. The minimum absolute atomic E-state index is 0.409. The van der Waals surface area contributed by atoms with E-state index in [0.29, 0.717) is 5.41 Å². The first kappa shape index (κ1) is 14.0. The summed E-state index contributed by atoms with van der Waals surface area (Å²) in [5.74, 6) is 1.01. The molecule has 2 heteroatoms. The van der Waals surface area contributed by atoms with E-state index in [1.807, 2.05) is 0 Å². The normalized spacial score (nSPS) is 20.2. The lowest BCUT2D eigenvalue weighted by Crippen LogP contribution is -2.43. The third-order valence-electron chi connectivity index (χ3n) is 3.71. The molecule has 2 nitrogen and oxygen atoms in total. The predicted octanol–water partition coefficient (Wildman–Crippen LogP) is 2.74. The van der Waals surface area contributed by atoms with Crippen molar-refractivity contribution in [1.29, 1.82) is 0 Å². The molecule has 0 unspecified atom stereocenters. The van der Waals surface area contributed by atoms with Crippen LogP contribution in [-0.2, 0) is 0 Å².